The Hall–Kier alpha value is -11.9. The van der Waals surface area contributed by atoms with Gasteiger partial charge in [-0.2, -0.15) is 0 Å². The molecule has 134 heavy (non-hydrogen) atoms. The van der Waals surface area contributed by atoms with Crippen LogP contribution in [0.25, 0.3) is 56.7 Å². The van der Waals surface area contributed by atoms with E-state index in [0.717, 1.165) is 105 Å². The standard InChI is InChI=1S/C29H30ClN3O4.C20H23ClN2O3.C20H22ClNO3.C17H16ClNO3.C8H16BrNO2.C8H8N2O2/c30-25-17-24(22-6-8-23(9-7-22)29(35)33-12-15-36-16-13-33)18-27(19-25)37-14-2-1-3-26(34)10-4-21-5-11-28(31)32-20-21;21-18-12-17(13-19(14-18)26-9-1-6-22)15-2-4-16(5-3-15)20(24)23-7-10-25-11-8-23;1-2-9-25-19-13-17(12-18(21)14-19)15-3-5-16(6-4-15)20(23)22-7-10-24-11-8-22;18-15-9-14(10-16(20)11-15)12-1-3-13(4-2-12)17(21)19-5-7-22-8-6-19;1-8(2,3)12-7(11)10-6-4-5-9;9-7-3-1-6(5-10-7)2-4-8(11)12/h4-11,17-20H,1-3,12-16H2,(H2,31,32);2-5,12-14H,1,6-11,22H2;3-6,12-14H,2,7-11H2,1H3;1-4,9-11,20H,5-8H2;4-6H2,1-3H3,(H,10,11);1-5H,(H2,9,10)(H,11,12)/b10-4+;;;;;4-2+. The zero-order valence-electron chi connectivity index (χ0n) is 75.6. The molecule has 2 aromatic heterocycles. The number of pyridine rings is 2. The normalized spacial score (nSPS) is 13.6. The maximum atomic E-state index is 12.7. The van der Waals surface area contributed by atoms with Crippen molar-refractivity contribution < 1.29 is 81.7 Å². The lowest BCUT2D eigenvalue weighted by Gasteiger charge is -2.26. The van der Waals surface area contributed by atoms with Crippen LogP contribution in [0.15, 0.2) is 219 Å². The Morgan fingerprint density at radius 3 is 1.09 bits per heavy atom. The Morgan fingerprint density at radius 1 is 0.440 bits per heavy atom. The van der Waals surface area contributed by atoms with Gasteiger partial charge in [-0.1, -0.05) is 118 Å². The largest absolute Gasteiger partial charge is 0.508 e. The summed E-state index contributed by atoms with van der Waals surface area (Å²) < 4.78 is 43.5. The number of allylic oxidation sites excluding steroid dienone is 1. The van der Waals surface area contributed by atoms with Crippen LogP contribution in [0.3, 0.4) is 0 Å². The van der Waals surface area contributed by atoms with Crippen molar-refractivity contribution in [2.24, 2.45) is 5.73 Å². The Balaban J connectivity index is 0.000000188. The van der Waals surface area contributed by atoms with Crippen molar-refractivity contribution >= 4 is 128 Å². The monoisotopic (exact) mass is 1970 g/mol. The third-order valence-electron chi connectivity index (χ3n) is 20.2. The number of benzene rings is 8. The van der Waals surface area contributed by atoms with E-state index in [1.54, 1.807) is 77.8 Å². The van der Waals surface area contributed by atoms with E-state index in [1.165, 1.54) is 18.3 Å². The molecule has 14 rings (SSSR count). The molecule has 4 saturated heterocycles. The number of carbonyl (C=O) groups is 7. The van der Waals surface area contributed by atoms with Crippen LogP contribution in [0.1, 0.15) is 119 Å². The highest BCUT2D eigenvalue weighted by molar-refractivity contribution is 9.09. The quantitative estimate of drug-likeness (QED) is 0.0151. The molecule has 0 radical (unpaired) electrons. The number of alkyl carbamates (subject to hydrolysis) is 1. The first-order chi connectivity index (χ1) is 64.6. The molecule has 8 aromatic carbocycles. The molecule has 0 bridgehead atoms. The van der Waals surface area contributed by atoms with Gasteiger partial charge in [-0.15, -0.1) is 0 Å². The van der Waals surface area contributed by atoms with Gasteiger partial charge >= 0.3 is 12.1 Å². The summed E-state index contributed by atoms with van der Waals surface area (Å²) in [5, 5.41) is 23.7. The summed E-state index contributed by atoms with van der Waals surface area (Å²) in [6.07, 6.45) is 13.2. The molecule has 5 amide bonds. The highest BCUT2D eigenvalue weighted by Crippen LogP contribution is 2.34. The number of morpholine rings is 4. The van der Waals surface area contributed by atoms with E-state index >= 15 is 0 Å². The number of phenols is 1. The number of aromatic nitrogens is 2. The summed E-state index contributed by atoms with van der Waals surface area (Å²) >= 11 is 28.0. The number of nitrogens with one attached hydrogen (secondary N) is 1. The number of carboxylic acid groups (broad SMARTS) is 1. The number of halogens is 5. The van der Waals surface area contributed by atoms with Gasteiger partial charge in [0.1, 0.15) is 40.2 Å². The molecule has 0 spiro atoms. The minimum atomic E-state index is -0.980. The van der Waals surface area contributed by atoms with Crippen molar-refractivity contribution in [3.05, 3.63) is 272 Å². The van der Waals surface area contributed by atoms with E-state index < -0.39 is 11.6 Å². The zero-order chi connectivity index (χ0) is 96.2. The Kier molecular flexibility index (Phi) is 44.4. The molecule has 27 nitrogen and oxygen atoms in total. The zero-order valence-corrected chi connectivity index (χ0v) is 80.2. The minimum Gasteiger partial charge on any atom is -0.508 e. The van der Waals surface area contributed by atoms with Gasteiger partial charge in [0.2, 0.25) is 0 Å². The molecule has 9 N–H and O–H groups in total. The lowest BCUT2D eigenvalue weighted by atomic mass is 10.0. The van der Waals surface area contributed by atoms with Crippen LogP contribution in [-0.4, -0.2) is 230 Å². The number of anilines is 2. The van der Waals surface area contributed by atoms with Crippen LogP contribution in [0, 0.1) is 0 Å². The lowest BCUT2D eigenvalue weighted by molar-refractivity contribution is -0.131. The maximum Gasteiger partial charge on any atom is 0.407 e. The number of ether oxygens (including phenoxy) is 8. The van der Waals surface area contributed by atoms with Crippen LogP contribution < -0.4 is 36.7 Å². The van der Waals surface area contributed by atoms with Crippen LogP contribution >= 0.6 is 62.3 Å². The molecule has 10 aromatic rings. The molecule has 6 heterocycles. The van der Waals surface area contributed by atoms with Gasteiger partial charge in [-0.3, -0.25) is 24.0 Å². The first-order valence-electron chi connectivity index (χ1n) is 44.1. The number of nitrogen functional groups attached to an aromatic ring is 2. The predicted molar refractivity (Wildman–Crippen MR) is 531 cm³/mol. The minimum absolute atomic E-state index is 0.0150. The SMILES string of the molecule is CC(C)(C)OC(=O)NCCCBr.CCCOc1cc(Cl)cc(-c2ccc(C(=O)N3CCOCC3)cc2)c1.NCCCOc1cc(Cl)cc(-c2ccc(C(=O)N3CCOCC3)cc2)c1.Nc1ccc(/C=C/C(=O)CCCCOc2cc(Cl)cc(-c3ccc(C(=O)N4CCOCC4)cc3)c2)cn1.Nc1ccc(/C=C/C(=O)O)cn1.O=C(c1ccc(-c2cc(O)cc(Cl)c2)cc1)N1CCOCC1. The Morgan fingerprint density at radius 2 is 0.776 bits per heavy atom. The molecule has 0 unspecified atom stereocenters. The van der Waals surface area contributed by atoms with Crippen LogP contribution in [0.5, 0.6) is 23.0 Å². The fraction of sp³-hybridized carbons (Fsp3) is 0.324. The molecule has 4 aliphatic rings. The summed E-state index contributed by atoms with van der Waals surface area (Å²) in [6.45, 7) is 20.3. The fourth-order valence-corrected chi connectivity index (χ4v) is 14.5. The van der Waals surface area contributed by atoms with Gasteiger partial charge in [0.25, 0.3) is 23.6 Å². The Labute approximate surface area is 810 Å². The summed E-state index contributed by atoms with van der Waals surface area (Å²) in [6, 6.07) is 58.6. The Bertz CT molecular complexity index is 5440. The average Bonchev–Trinajstić information content (AvgIpc) is 0.832. The first kappa shape index (κ1) is 106. The fourth-order valence-electron chi connectivity index (χ4n) is 13.3. The summed E-state index contributed by atoms with van der Waals surface area (Å²) in [5.74, 6) is 2.33. The predicted octanol–water partition coefficient (Wildman–Crippen LogP) is 19.0. The summed E-state index contributed by atoms with van der Waals surface area (Å²) in [4.78, 5) is 98.3. The molecule has 0 aliphatic carbocycles. The number of alkyl halides is 1. The average molecular weight is 1970 g/mol. The highest BCUT2D eigenvalue weighted by atomic mass is 79.9. The van der Waals surface area contributed by atoms with Crippen molar-refractivity contribution in [1.29, 1.82) is 0 Å². The molecule has 0 atom stereocenters. The van der Waals surface area contributed by atoms with Crippen LogP contribution in [0.2, 0.25) is 20.1 Å². The number of rotatable bonds is 28. The number of carbonyl (C=O) groups excluding carboxylic acids is 6. The van der Waals surface area contributed by atoms with Crippen molar-refractivity contribution in [2.45, 2.75) is 71.8 Å². The number of unbranched alkanes of at least 4 members (excludes halogenated alkanes) is 1. The number of amides is 5. The van der Waals surface area contributed by atoms with Crippen molar-refractivity contribution in [3.8, 4) is 67.5 Å². The number of phenolic OH excluding ortho intramolecular Hbond substituents is 1. The number of hydrogen-bond acceptors (Lipinski definition) is 21. The number of aliphatic carboxylic acids is 1. The highest BCUT2D eigenvalue weighted by Gasteiger charge is 2.24. The third kappa shape index (κ3) is 37.5. The van der Waals surface area contributed by atoms with Gasteiger partial charge in [0, 0.05) is 131 Å². The van der Waals surface area contributed by atoms with Gasteiger partial charge in [0.15, 0.2) is 5.78 Å². The second-order valence-corrected chi connectivity index (χ2v) is 34.3. The van der Waals surface area contributed by atoms with E-state index in [0.29, 0.717) is 210 Å². The number of nitrogens with zero attached hydrogens (tertiary/aromatic N) is 6. The number of nitrogens with two attached hydrogens (primary N) is 3. The summed E-state index contributed by atoms with van der Waals surface area (Å²) in [5.41, 5.74) is 27.7. The van der Waals surface area contributed by atoms with Crippen LogP contribution in [0.4, 0.5) is 16.4 Å². The third-order valence-corrected chi connectivity index (χ3v) is 21.6. The smallest absolute Gasteiger partial charge is 0.407 e. The maximum absolute atomic E-state index is 12.7. The van der Waals surface area contributed by atoms with Gasteiger partial charge in [-0.25, -0.2) is 19.6 Å². The lowest BCUT2D eigenvalue weighted by Crippen LogP contribution is -2.40. The van der Waals surface area contributed by atoms with Gasteiger partial charge in [0.05, 0.1) is 72.7 Å². The second-order valence-electron chi connectivity index (χ2n) is 31.8. The number of aromatic hydroxyl groups is 1. The molecule has 4 aliphatic heterocycles. The number of ketones is 1. The van der Waals surface area contributed by atoms with E-state index in [4.69, 9.17) is 107 Å². The summed E-state index contributed by atoms with van der Waals surface area (Å²) in [7, 11) is 0. The van der Waals surface area contributed by atoms with Crippen molar-refractivity contribution in [2.75, 3.05) is 155 Å². The molecule has 710 valence electrons. The van der Waals surface area contributed by atoms with Gasteiger partial charge < -0.3 is 90.2 Å². The number of carboxylic acids is 1. The van der Waals surface area contributed by atoms with Gasteiger partial charge in [-0.05, 0) is 279 Å². The second kappa shape index (κ2) is 56.3. The molecule has 0 saturated carbocycles. The van der Waals surface area contributed by atoms with Crippen LogP contribution in [-0.2, 0) is 33.3 Å². The number of hydrogen-bond donors (Lipinski definition) is 6. The molecular weight excluding hydrogens is 1860 g/mol. The molecular formula is C102H115BrCl4N10O17. The van der Waals surface area contributed by atoms with Crippen molar-refractivity contribution in [1.82, 2.24) is 34.9 Å². The van der Waals surface area contributed by atoms with E-state index in [1.807, 2.05) is 169 Å². The first-order valence-corrected chi connectivity index (χ1v) is 46.7. The molecule has 4 fully saturated rings. The van der Waals surface area contributed by atoms with E-state index in [9.17, 15) is 38.7 Å². The topological polar surface area (TPSA) is 363 Å². The van der Waals surface area contributed by atoms with Crippen molar-refractivity contribution in [3.63, 3.8) is 0 Å². The van der Waals surface area contributed by atoms with E-state index in [2.05, 4.69) is 38.1 Å². The van der Waals surface area contributed by atoms with E-state index in [-0.39, 0.29) is 41.3 Å². The molecule has 32 heteroatoms.